The summed E-state index contributed by atoms with van der Waals surface area (Å²) >= 11 is 0. The fourth-order valence-electron chi connectivity index (χ4n) is 4.78. The van der Waals surface area contributed by atoms with Crippen molar-refractivity contribution in [3.05, 3.63) is 77.9 Å². The summed E-state index contributed by atoms with van der Waals surface area (Å²) in [6.45, 7) is 4.07. The molecule has 0 saturated carbocycles. The van der Waals surface area contributed by atoms with E-state index in [0.29, 0.717) is 48.9 Å². The van der Waals surface area contributed by atoms with Crippen LogP contribution in [0.15, 0.2) is 71.6 Å². The van der Waals surface area contributed by atoms with Crippen molar-refractivity contribution >= 4 is 33.2 Å². The lowest BCUT2D eigenvalue weighted by atomic mass is 10.1. The molecule has 0 unspecified atom stereocenters. The minimum absolute atomic E-state index is 0.0365. The van der Waals surface area contributed by atoms with Crippen LogP contribution in [0.1, 0.15) is 41.6 Å². The summed E-state index contributed by atoms with van der Waals surface area (Å²) in [6.07, 6.45) is 3.22. The molecule has 5 rings (SSSR count). The Morgan fingerprint density at radius 3 is 2.42 bits per heavy atom. The minimum atomic E-state index is -3.55. The molecule has 2 aliphatic heterocycles. The Morgan fingerprint density at radius 2 is 1.70 bits per heavy atom. The number of ether oxygens (including phenoxy) is 2. The molecular weight excluding hydrogens is 530 g/mol. The Hall–Kier alpha value is -3.89. The summed E-state index contributed by atoms with van der Waals surface area (Å²) in [4.78, 5) is 27.5. The molecule has 10 heteroatoms. The summed E-state index contributed by atoms with van der Waals surface area (Å²) in [6, 6.07) is 19.0. The maximum atomic E-state index is 12.9. The van der Waals surface area contributed by atoms with Gasteiger partial charge >= 0.3 is 0 Å². The predicted molar refractivity (Wildman–Crippen MR) is 153 cm³/mol. The lowest BCUT2D eigenvalue weighted by molar-refractivity contribution is -0.121. The molecule has 0 spiro atoms. The first-order chi connectivity index (χ1) is 19.3. The van der Waals surface area contributed by atoms with Gasteiger partial charge in [-0.3, -0.25) is 9.59 Å². The lowest BCUT2D eigenvalue weighted by Gasteiger charge is -2.30. The van der Waals surface area contributed by atoms with Gasteiger partial charge < -0.3 is 19.7 Å². The summed E-state index contributed by atoms with van der Waals surface area (Å²) in [7, 11) is -3.55. The molecule has 0 aliphatic carbocycles. The van der Waals surface area contributed by atoms with Gasteiger partial charge in [0.25, 0.3) is 11.8 Å². The second-order valence-corrected chi connectivity index (χ2v) is 11.9. The van der Waals surface area contributed by atoms with E-state index in [1.165, 1.54) is 34.1 Å². The highest BCUT2D eigenvalue weighted by Gasteiger charge is 2.28. The zero-order valence-electron chi connectivity index (χ0n) is 22.5. The van der Waals surface area contributed by atoms with Crippen LogP contribution in [-0.2, 0) is 14.8 Å². The number of rotatable bonds is 10. The van der Waals surface area contributed by atoms with Crippen LogP contribution in [0, 0.1) is 6.92 Å². The first-order valence-electron chi connectivity index (χ1n) is 13.5. The Bertz CT molecular complexity index is 1470. The number of unbranched alkanes of at least 4 members (excludes halogenated alkanes) is 1. The van der Waals surface area contributed by atoms with Crippen molar-refractivity contribution in [2.24, 2.45) is 0 Å². The molecule has 3 aromatic carbocycles. The third-order valence-corrected chi connectivity index (χ3v) is 8.96. The molecule has 2 heterocycles. The molecule has 3 aromatic rings. The molecule has 2 amide bonds. The average Bonchev–Trinajstić information content (AvgIpc) is 3.51. The van der Waals surface area contributed by atoms with Crippen LogP contribution in [-0.4, -0.2) is 57.4 Å². The Balaban J connectivity index is 1.20. The van der Waals surface area contributed by atoms with Gasteiger partial charge in [-0.15, -0.1) is 0 Å². The SMILES string of the molecule is Cc1ccc(OCCCCN2C(=O)COc3ccc(NC(=O)c4ccc(S(=O)(=O)N5CCCC5)cc4)cc32)cc1. The zero-order chi connectivity index (χ0) is 28.1. The summed E-state index contributed by atoms with van der Waals surface area (Å²) in [5.74, 6) is 0.866. The average molecular weight is 564 g/mol. The normalized spacial score (nSPS) is 15.4. The number of aryl methyl sites for hydroxylation is 1. The van der Waals surface area contributed by atoms with Crippen LogP contribution in [0.5, 0.6) is 11.5 Å². The van der Waals surface area contributed by atoms with E-state index in [4.69, 9.17) is 9.47 Å². The molecular formula is C30H33N3O6S. The summed E-state index contributed by atoms with van der Waals surface area (Å²) < 4.78 is 38.4. The minimum Gasteiger partial charge on any atom is -0.494 e. The molecule has 9 nitrogen and oxygen atoms in total. The molecule has 0 bridgehead atoms. The van der Waals surface area contributed by atoms with Crippen LogP contribution in [0.25, 0.3) is 0 Å². The van der Waals surface area contributed by atoms with E-state index in [1.807, 2.05) is 31.2 Å². The first-order valence-corrected chi connectivity index (χ1v) is 14.9. The van der Waals surface area contributed by atoms with Crippen molar-refractivity contribution in [3.8, 4) is 11.5 Å². The number of hydrogen-bond donors (Lipinski definition) is 1. The second-order valence-electron chi connectivity index (χ2n) is 9.97. The molecule has 210 valence electrons. The van der Waals surface area contributed by atoms with Gasteiger partial charge in [-0.05, 0) is 87.2 Å². The Labute approximate surface area is 234 Å². The quantitative estimate of drug-likeness (QED) is 0.361. The van der Waals surface area contributed by atoms with Gasteiger partial charge in [0.1, 0.15) is 11.5 Å². The van der Waals surface area contributed by atoms with E-state index >= 15 is 0 Å². The van der Waals surface area contributed by atoms with Gasteiger partial charge in [-0.1, -0.05) is 17.7 Å². The highest BCUT2D eigenvalue weighted by molar-refractivity contribution is 7.89. The van der Waals surface area contributed by atoms with Crippen LogP contribution in [0.4, 0.5) is 11.4 Å². The maximum absolute atomic E-state index is 12.9. The van der Waals surface area contributed by atoms with Crippen molar-refractivity contribution in [2.75, 3.05) is 43.1 Å². The van der Waals surface area contributed by atoms with Gasteiger partial charge in [0.2, 0.25) is 10.0 Å². The van der Waals surface area contributed by atoms with E-state index in [9.17, 15) is 18.0 Å². The number of amides is 2. The molecule has 40 heavy (non-hydrogen) atoms. The zero-order valence-corrected chi connectivity index (χ0v) is 23.3. The maximum Gasteiger partial charge on any atom is 0.265 e. The highest BCUT2D eigenvalue weighted by atomic mass is 32.2. The third kappa shape index (κ3) is 6.29. The van der Waals surface area contributed by atoms with E-state index in [0.717, 1.165) is 31.4 Å². The van der Waals surface area contributed by atoms with Crippen molar-refractivity contribution in [1.29, 1.82) is 0 Å². The fraction of sp³-hybridized carbons (Fsp3) is 0.333. The number of carbonyl (C=O) groups excluding carboxylic acids is 2. The van der Waals surface area contributed by atoms with E-state index in [-0.39, 0.29) is 23.3 Å². The third-order valence-electron chi connectivity index (χ3n) is 7.04. The van der Waals surface area contributed by atoms with E-state index in [2.05, 4.69) is 5.32 Å². The lowest BCUT2D eigenvalue weighted by Crippen LogP contribution is -2.39. The summed E-state index contributed by atoms with van der Waals surface area (Å²) in [5.41, 5.74) is 2.61. The van der Waals surface area contributed by atoms with E-state index < -0.39 is 10.0 Å². The monoisotopic (exact) mass is 563 g/mol. The molecule has 2 aliphatic rings. The Morgan fingerprint density at radius 1 is 0.975 bits per heavy atom. The van der Waals surface area contributed by atoms with Crippen molar-refractivity contribution in [1.82, 2.24) is 4.31 Å². The molecule has 1 N–H and O–H groups in total. The number of nitrogens with one attached hydrogen (secondary N) is 1. The van der Waals surface area contributed by atoms with Gasteiger partial charge in [-0.2, -0.15) is 4.31 Å². The fourth-order valence-corrected chi connectivity index (χ4v) is 6.30. The molecule has 1 fully saturated rings. The molecule has 0 radical (unpaired) electrons. The van der Waals surface area contributed by atoms with Crippen molar-refractivity contribution in [3.63, 3.8) is 0 Å². The predicted octanol–water partition coefficient (Wildman–Crippen LogP) is 4.62. The number of fused-ring (bicyclic) bond motifs is 1. The van der Waals surface area contributed by atoms with Gasteiger partial charge in [-0.25, -0.2) is 8.42 Å². The smallest absolute Gasteiger partial charge is 0.265 e. The second kappa shape index (κ2) is 12.1. The number of anilines is 2. The van der Waals surface area contributed by atoms with Crippen LogP contribution < -0.4 is 19.7 Å². The van der Waals surface area contributed by atoms with Gasteiger partial charge in [0.05, 0.1) is 17.2 Å². The molecule has 1 saturated heterocycles. The van der Waals surface area contributed by atoms with Crippen LogP contribution >= 0.6 is 0 Å². The number of hydrogen-bond acceptors (Lipinski definition) is 6. The van der Waals surface area contributed by atoms with Crippen molar-refractivity contribution in [2.45, 2.75) is 37.5 Å². The number of benzene rings is 3. The van der Waals surface area contributed by atoms with Gasteiger partial charge in [0, 0.05) is 30.9 Å². The largest absolute Gasteiger partial charge is 0.494 e. The Kier molecular flexibility index (Phi) is 8.37. The topological polar surface area (TPSA) is 105 Å². The van der Waals surface area contributed by atoms with E-state index in [1.54, 1.807) is 23.1 Å². The van der Waals surface area contributed by atoms with Crippen LogP contribution in [0.3, 0.4) is 0 Å². The highest BCUT2D eigenvalue weighted by Crippen LogP contribution is 2.35. The number of sulfonamides is 1. The number of carbonyl (C=O) groups is 2. The molecule has 0 aromatic heterocycles. The first kappa shape index (κ1) is 27.7. The standard InChI is InChI=1S/C30H33N3O6S/c1-22-6-11-25(12-7-22)38-19-5-4-18-33-27-20-24(10-15-28(27)39-21-29(33)34)31-30(35)23-8-13-26(14-9-23)40(36,37)32-16-2-3-17-32/h6-15,20H,2-5,16-19,21H2,1H3,(H,31,35). The van der Waals surface area contributed by atoms with Crippen molar-refractivity contribution < 1.29 is 27.5 Å². The number of nitrogens with zero attached hydrogens (tertiary/aromatic N) is 2. The molecule has 0 atom stereocenters. The van der Waals surface area contributed by atoms with Gasteiger partial charge in [0.15, 0.2) is 6.61 Å². The summed E-state index contributed by atoms with van der Waals surface area (Å²) in [5, 5.41) is 2.84. The van der Waals surface area contributed by atoms with Crippen LogP contribution in [0.2, 0.25) is 0 Å².